The number of thiazole rings is 1. The minimum atomic E-state index is -1.03. The van der Waals surface area contributed by atoms with Crippen LogP contribution in [0.25, 0.3) is 0 Å². The molecule has 1 fully saturated rings. The average Bonchev–Trinajstić information content (AvgIpc) is 3.21. The summed E-state index contributed by atoms with van der Waals surface area (Å²) in [4.78, 5) is 32.9. The normalized spacial score (nSPS) is 13.9. The molecule has 4 rings (SSSR count). The van der Waals surface area contributed by atoms with E-state index in [0.29, 0.717) is 11.4 Å². The molecule has 1 aliphatic heterocycles. The minimum Gasteiger partial charge on any atom is -0.478 e. The minimum absolute atomic E-state index is 0.132. The van der Waals surface area contributed by atoms with E-state index in [2.05, 4.69) is 39.2 Å². The van der Waals surface area contributed by atoms with Crippen molar-refractivity contribution in [2.24, 2.45) is 0 Å². The van der Waals surface area contributed by atoms with Gasteiger partial charge in [-0.3, -0.25) is 4.79 Å². The molecular weight excluding hydrogens is 412 g/mol. The van der Waals surface area contributed by atoms with E-state index >= 15 is 0 Å². The second kappa shape index (κ2) is 8.77. The van der Waals surface area contributed by atoms with Gasteiger partial charge >= 0.3 is 5.97 Å². The summed E-state index contributed by atoms with van der Waals surface area (Å²) < 4.78 is 0. The number of hydrogen-bond acceptors (Lipinski definition) is 6. The number of rotatable bonds is 5. The summed E-state index contributed by atoms with van der Waals surface area (Å²) in [5.74, 6) is -1.37. The third-order valence-electron chi connectivity index (χ3n) is 5.42. The lowest BCUT2D eigenvalue weighted by Crippen LogP contribution is -2.47. The number of nitrogens with one attached hydrogen (secondary N) is 1. The number of hydrogen-bond donors (Lipinski definition) is 2. The monoisotopic (exact) mass is 436 g/mol. The summed E-state index contributed by atoms with van der Waals surface area (Å²) in [7, 11) is 0. The zero-order chi connectivity index (χ0) is 22.0. The van der Waals surface area contributed by atoms with Crippen molar-refractivity contribution in [1.29, 1.82) is 0 Å². The lowest BCUT2D eigenvalue weighted by molar-refractivity contribution is 0.0696. The number of carboxylic acids is 1. The van der Waals surface area contributed by atoms with E-state index in [0.717, 1.165) is 36.9 Å². The SMILES string of the molecule is Cc1nc(C(=O)Nc2cc(C(=O)O)ccc2N2CCN(c3ccccc3C)CC2)cs1. The Morgan fingerprint density at radius 1 is 1.00 bits per heavy atom. The van der Waals surface area contributed by atoms with Crippen LogP contribution < -0.4 is 15.1 Å². The summed E-state index contributed by atoms with van der Waals surface area (Å²) >= 11 is 1.40. The Morgan fingerprint density at radius 2 is 1.68 bits per heavy atom. The van der Waals surface area contributed by atoms with Crippen LogP contribution in [0.4, 0.5) is 17.1 Å². The highest BCUT2D eigenvalue weighted by Gasteiger charge is 2.22. The number of nitrogens with zero attached hydrogens (tertiary/aromatic N) is 3. The summed E-state index contributed by atoms with van der Waals surface area (Å²) in [6.07, 6.45) is 0. The number of para-hydroxylation sites is 1. The highest BCUT2D eigenvalue weighted by Crippen LogP contribution is 2.30. The summed E-state index contributed by atoms with van der Waals surface area (Å²) in [6.45, 7) is 7.15. The molecule has 1 amide bonds. The number of aromatic nitrogens is 1. The van der Waals surface area contributed by atoms with Crippen molar-refractivity contribution in [3.8, 4) is 0 Å². The standard InChI is InChI=1S/C23H24N4O3S/c1-15-5-3-4-6-20(15)26-9-11-27(12-10-26)21-8-7-17(23(29)30)13-18(21)25-22(28)19-14-31-16(2)24-19/h3-8,13-14H,9-12H2,1-2H3,(H,25,28)(H,29,30). The number of carboxylic acid groups (broad SMARTS) is 1. The Kier molecular flexibility index (Phi) is 5.90. The molecule has 1 saturated heterocycles. The molecule has 2 heterocycles. The molecule has 1 aliphatic rings. The number of piperazine rings is 1. The molecule has 3 aromatic rings. The van der Waals surface area contributed by atoms with Gasteiger partial charge in [0.25, 0.3) is 5.91 Å². The van der Waals surface area contributed by atoms with Crippen LogP contribution in [0.15, 0.2) is 47.8 Å². The number of carbonyl (C=O) groups is 2. The summed E-state index contributed by atoms with van der Waals surface area (Å²) in [5.41, 5.74) is 4.24. The highest BCUT2D eigenvalue weighted by atomic mass is 32.1. The maximum Gasteiger partial charge on any atom is 0.335 e. The predicted octanol–water partition coefficient (Wildman–Crippen LogP) is 4.04. The van der Waals surface area contributed by atoms with Crippen LogP contribution in [0.1, 0.15) is 31.4 Å². The van der Waals surface area contributed by atoms with E-state index in [1.807, 2.05) is 19.1 Å². The number of anilines is 3. The molecule has 0 unspecified atom stereocenters. The topological polar surface area (TPSA) is 85.8 Å². The first-order chi connectivity index (χ1) is 14.9. The molecule has 160 valence electrons. The molecule has 8 heteroatoms. The van der Waals surface area contributed by atoms with Crippen LogP contribution >= 0.6 is 11.3 Å². The fraction of sp³-hybridized carbons (Fsp3) is 0.261. The van der Waals surface area contributed by atoms with E-state index in [9.17, 15) is 14.7 Å². The van der Waals surface area contributed by atoms with Crippen molar-refractivity contribution in [2.45, 2.75) is 13.8 Å². The van der Waals surface area contributed by atoms with Gasteiger partial charge in [0.1, 0.15) is 5.69 Å². The molecule has 0 saturated carbocycles. The molecule has 31 heavy (non-hydrogen) atoms. The Morgan fingerprint density at radius 3 is 2.29 bits per heavy atom. The molecule has 0 radical (unpaired) electrons. The second-order valence-corrected chi connectivity index (χ2v) is 8.57. The average molecular weight is 437 g/mol. The first kappa shape index (κ1) is 20.9. The molecule has 0 atom stereocenters. The molecular formula is C23H24N4O3S. The highest BCUT2D eigenvalue weighted by molar-refractivity contribution is 7.09. The van der Waals surface area contributed by atoms with Gasteiger partial charge < -0.3 is 20.2 Å². The van der Waals surface area contributed by atoms with E-state index in [1.54, 1.807) is 17.5 Å². The summed E-state index contributed by atoms with van der Waals surface area (Å²) in [5, 5.41) is 14.8. The molecule has 7 nitrogen and oxygen atoms in total. The van der Waals surface area contributed by atoms with Gasteiger partial charge in [-0.25, -0.2) is 9.78 Å². The zero-order valence-electron chi connectivity index (χ0n) is 17.5. The van der Waals surface area contributed by atoms with Gasteiger partial charge in [0.2, 0.25) is 0 Å². The van der Waals surface area contributed by atoms with Crippen LogP contribution in [0, 0.1) is 13.8 Å². The maximum absolute atomic E-state index is 12.7. The van der Waals surface area contributed by atoms with Crippen molar-refractivity contribution < 1.29 is 14.7 Å². The lowest BCUT2D eigenvalue weighted by atomic mass is 10.1. The van der Waals surface area contributed by atoms with Gasteiger partial charge in [-0.2, -0.15) is 0 Å². The van der Waals surface area contributed by atoms with E-state index < -0.39 is 5.97 Å². The van der Waals surface area contributed by atoms with Gasteiger partial charge in [0, 0.05) is 37.2 Å². The molecule has 1 aromatic heterocycles. The molecule has 2 aromatic carbocycles. The number of benzene rings is 2. The van der Waals surface area contributed by atoms with Crippen LogP contribution in [0.5, 0.6) is 0 Å². The van der Waals surface area contributed by atoms with Crippen molar-refractivity contribution in [1.82, 2.24) is 4.98 Å². The van der Waals surface area contributed by atoms with E-state index in [-0.39, 0.29) is 11.5 Å². The smallest absolute Gasteiger partial charge is 0.335 e. The Hall–Kier alpha value is -3.39. The quantitative estimate of drug-likeness (QED) is 0.628. The molecule has 2 N–H and O–H groups in total. The first-order valence-electron chi connectivity index (χ1n) is 10.1. The number of amides is 1. The lowest BCUT2D eigenvalue weighted by Gasteiger charge is -2.38. The van der Waals surface area contributed by atoms with Gasteiger partial charge in [-0.15, -0.1) is 11.3 Å². The fourth-order valence-corrected chi connectivity index (χ4v) is 4.40. The van der Waals surface area contributed by atoms with Gasteiger partial charge in [0.05, 0.1) is 21.9 Å². The third-order valence-corrected chi connectivity index (χ3v) is 6.19. The number of aromatic carboxylic acids is 1. The van der Waals surface area contributed by atoms with Crippen LogP contribution in [-0.4, -0.2) is 48.1 Å². The first-order valence-corrected chi connectivity index (χ1v) is 11.0. The Balaban J connectivity index is 1.56. The number of aryl methyl sites for hydroxylation is 2. The van der Waals surface area contributed by atoms with Crippen molar-refractivity contribution in [3.63, 3.8) is 0 Å². The van der Waals surface area contributed by atoms with Crippen molar-refractivity contribution in [3.05, 3.63) is 69.7 Å². The van der Waals surface area contributed by atoms with Crippen molar-refractivity contribution >= 4 is 40.3 Å². The number of carbonyl (C=O) groups excluding carboxylic acids is 1. The largest absolute Gasteiger partial charge is 0.478 e. The van der Waals surface area contributed by atoms with Crippen LogP contribution in [-0.2, 0) is 0 Å². The van der Waals surface area contributed by atoms with Gasteiger partial charge in [0.15, 0.2) is 0 Å². The Bertz CT molecular complexity index is 1120. The van der Waals surface area contributed by atoms with Gasteiger partial charge in [-0.1, -0.05) is 18.2 Å². The fourth-order valence-electron chi connectivity index (χ4n) is 3.81. The molecule has 0 bridgehead atoms. The molecule has 0 spiro atoms. The summed E-state index contributed by atoms with van der Waals surface area (Å²) in [6, 6.07) is 13.2. The molecule has 0 aliphatic carbocycles. The maximum atomic E-state index is 12.7. The van der Waals surface area contributed by atoms with E-state index in [4.69, 9.17) is 0 Å². The predicted molar refractivity (Wildman–Crippen MR) is 124 cm³/mol. The van der Waals surface area contributed by atoms with Gasteiger partial charge in [-0.05, 0) is 43.7 Å². The second-order valence-electron chi connectivity index (χ2n) is 7.50. The van der Waals surface area contributed by atoms with E-state index in [1.165, 1.54) is 28.7 Å². The van der Waals surface area contributed by atoms with Crippen LogP contribution in [0.2, 0.25) is 0 Å². The zero-order valence-corrected chi connectivity index (χ0v) is 18.3. The third kappa shape index (κ3) is 4.54. The van der Waals surface area contributed by atoms with Crippen LogP contribution in [0.3, 0.4) is 0 Å². The Labute approximate surface area is 185 Å². The van der Waals surface area contributed by atoms with Crippen molar-refractivity contribution in [2.75, 3.05) is 41.3 Å².